The highest BCUT2D eigenvalue weighted by Crippen LogP contribution is 2.26. The zero-order valence-corrected chi connectivity index (χ0v) is 15.5. The predicted octanol–water partition coefficient (Wildman–Crippen LogP) is 5.15. The number of para-hydroxylation sites is 1. The van der Waals surface area contributed by atoms with Crippen molar-refractivity contribution in [3.8, 4) is 11.5 Å². The summed E-state index contributed by atoms with van der Waals surface area (Å²) in [4.78, 5) is 12.2. The number of rotatable bonds is 7. The van der Waals surface area contributed by atoms with E-state index in [1.165, 1.54) is 12.8 Å². The molecule has 0 aromatic heterocycles. The van der Waals surface area contributed by atoms with Crippen molar-refractivity contribution in [1.29, 1.82) is 0 Å². The van der Waals surface area contributed by atoms with Crippen LogP contribution in [0.5, 0.6) is 11.5 Å². The Morgan fingerprint density at radius 2 is 1.77 bits per heavy atom. The van der Waals surface area contributed by atoms with E-state index in [1.54, 1.807) is 0 Å². The van der Waals surface area contributed by atoms with Crippen molar-refractivity contribution in [3.05, 3.63) is 54.1 Å². The number of carbonyl (C=O) groups excluding carboxylic acids is 1. The molecular formula is C22H27NO3. The fourth-order valence-corrected chi connectivity index (χ4v) is 3.24. The minimum absolute atomic E-state index is 0.00986. The fraction of sp³-hybridized carbons (Fsp3) is 0.409. The molecule has 0 spiro atoms. The van der Waals surface area contributed by atoms with Gasteiger partial charge in [-0.25, -0.2) is 0 Å². The average molecular weight is 353 g/mol. The van der Waals surface area contributed by atoms with Crippen molar-refractivity contribution >= 4 is 11.6 Å². The van der Waals surface area contributed by atoms with E-state index in [1.807, 2.05) is 48.5 Å². The molecule has 4 nitrogen and oxygen atoms in total. The highest BCUT2D eigenvalue weighted by molar-refractivity contribution is 5.91. The van der Waals surface area contributed by atoms with Gasteiger partial charge in [-0.2, -0.15) is 0 Å². The summed E-state index contributed by atoms with van der Waals surface area (Å²) in [6.07, 6.45) is 5.10. The molecule has 0 atom stereocenters. The molecule has 2 aromatic carbocycles. The number of anilines is 1. The highest BCUT2D eigenvalue weighted by atomic mass is 16.5. The van der Waals surface area contributed by atoms with Crippen molar-refractivity contribution in [2.75, 3.05) is 11.9 Å². The van der Waals surface area contributed by atoms with Crippen LogP contribution >= 0.6 is 0 Å². The molecule has 1 fully saturated rings. The maximum Gasteiger partial charge on any atom is 0.262 e. The summed E-state index contributed by atoms with van der Waals surface area (Å²) in [5, 5.41) is 2.86. The van der Waals surface area contributed by atoms with E-state index in [0.717, 1.165) is 35.6 Å². The van der Waals surface area contributed by atoms with E-state index in [2.05, 4.69) is 19.2 Å². The van der Waals surface area contributed by atoms with Crippen LogP contribution in [0, 0.1) is 0 Å². The van der Waals surface area contributed by atoms with Crippen LogP contribution < -0.4 is 14.8 Å². The van der Waals surface area contributed by atoms with Crippen LogP contribution in [0.3, 0.4) is 0 Å². The standard InChI is InChI=1S/C22H27NO3/c1-16(2)20-9-5-6-10-21(20)25-15-22(24)23-17-11-13-19(14-12-17)26-18-7-3-4-8-18/h5-6,9-14,16,18H,3-4,7-8,15H2,1-2H3,(H,23,24). The second-order valence-electron chi connectivity index (χ2n) is 7.08. The van der Waals surface area contributed by atoms with Crippen LogP contribution in [0.15, 0.2) is 48.5 Å². The summed E-state index contributed by atoms with van der Waals surface area (Å²) in [6, 6.07) is 15.4. The predicted molar refractivity (Wildman–Crippen MR) is 104 cm³/mol. The van der Waals surface area contributed by atoms with Crippen LogP contribution in [0.25, 0.3) is 0 Å². The highest BCUT2D eigenvalue weighted by Gasteiger charge is 2.16. The lowest BCUT2D eigenvalue weighted by atomic mass is 10.0. The van der Waals surface area contributed by atoms with Gasteiger partial charge in [-0.1, -0.05) is 32.0 Å². The first kappa shape index (κ1) is 18.3. The largest absolute Gasteiger partial charge is 0.490 e. The molecule has 0 heterocycles. The van der Waals surface area contributed by atoms with Crippen molar-refractivity contribution in [1.82, 2.24) is 0 Å². The molecule has 4 heteroatoms. The Morgan fingerprint density at radius 3 is 2.46 bits per heavy atom. The minimum atomic E-state index is -0.173. The second kappa shape index (κ2) is 8.75. The Bertz CT molecular complexity index is 718. The molecule has 1 aliphatic carbocycles. The first-order valence-electron chi connectivity index (χ1n) is 9.40. The van der Waals surface area contributed by atoms with Crippen LogP contribution in [0.1, 0.15) is 51.0 Å². The Morgan fingerprint density at radius 1 is 1.08 bits per heavy atom. The van der Waals surface area contributed by atoms with Gasteiger partial charge in [-0.05, 0) is 67.5 Å². The molecular weight excluding hydrogens is 326 g/mol. The first-order valence-corrected chi connectivity index (χ1v) is 9.40. The summed E-state index contributed by atoms with van der Waals surface area (Å²) in [5.74, 6) is 1.80. The van der Waals surface area contributed by atoms with Gasteiger partial charge in [0.1, 0.15) is 11.5 Å². The van der Waals surface area contributed by atoms with Gasteiger partial charge in [-0.15, -0.1) is 0 Å². The zero-order chi connectivity index (χ0) is 18.4. The summed E-state index contributed by atoms with van der Waals surface area (Å²) in [7, 11) is 0. The van der Waals surface area contributed by atoms with Crippen LogP contribution in [-0.4, -0.2) is 18.6 Å². The van der Waals surface area contributed by atoms with Crippen molar-refractivity contribution < 1.29 is 14.3 Å². The monoisotopic (exact) mass is 353 g/mol. The van der Waals surface area contributed by atoms with Gasteiger partial charge < -0.3 is 14.8 Å². The summed E-state index contributed by atoms with van der Waals surface area (Å²) < 4.78 is 11.6. The third-order valence-corrected chi connectivity index (χ3v) is 4.64. The third-order valence-electron chi connectivity index (χ3n) is 4.64. The van der Waals surface area contributed by atoms with E-state index in [0.29, 0.717) is 12.0 Å². The summed E-state index contributed by atoms with van der Waals surface area (Å²) in [6.45, 7) is 4.21. The summed E-state index contributed by atoms with van der Waals surface area (Å²) >= 11 is 0. The van der Waals surface area contributed by atoms with Crippen molar-refractivity contribution in [3.63, 3.8) is 0 Å². The zero-order valence-electron chi connectivity index (χ0n) is 15.5. The normalized spacial score (nSPS) is 14.4. The lowest BCUT2D eigenvalue weighted by molar-refractivity contribution is -0.118. The first-order chi connectivity index (χ1) is 12.6. The van der Waals surface area contributed by atoms with Crippen molar-refractivity contribution in [2.24, 2.45) is 0 Å². The molecule has 3 rings (SSSR count). The van der Waals surface area contributed by atoms with Gasteiger partial charge in [0.2, 0.25) is 0 Å². The Labute approximate surface area is 155 Å². The van der Waals surface area contributed by atoms with E-state index >= 15 is 0 Å². The molecule has 0 unspecified atom stereocenters. The van der Waals surface area contributed by atoms with E-state index in [4.69, 9.17) is 9.47 Å². The molecule has 1 N–H and O–H groups in total. The Kier molecular flexibility index (Phi) is 6.16. The quantitative estimate of drug-likeness (QED) is 0.749. The summed E-state index contributed by atoms with van der Waals surface area (Å²) in [5.41, 5.74) is 1.85. The average Bonchev–Trinajstić information content (AvgIpc) is 3.15. The SMILES string of the molecule is CC(C)c1ccccc1OCC(=O)Nc1ccc(OC2CCCC2)cc1. The number of amides is 1. The van der Waals surface area contributed by atoms with Gasteiger partial charge in [0.25, 0.3) is 5.91 Å². The topological polar surface area (TPSA) is 47.6 Å². The van der Waals surface area contributed by atoms with Gasteiger partial charge in [0.15, 0.2) is 6.61 Å². The molecule has 26 heavy (non-hydrogen) atoms. The third kappa shape index (κ3) is 5.01. The van der Waals surface area contributed by atoms with Crippen LogP contribution in [0.4, 0.5) is 5.69 Å². The molecule has 2 aromatic rings. The maximum absolute atomic E-state index is 12.2. The molecule has 1 amide bonds. The Balaban J connectivity index is 1.50. The lowest BCUT2D eigenvalue weighted by Gasteiger charge is -2.14. The van der Waals surface area contributed by atoms with E-state index in [-0.39, 0.29) is 12.5 Å². The van der Waals surface area contributed by atoms with E-state index < -0.39 is 0 Å². The number of benzene rings is 2. The van der Waals surface area contributed by atoms with Crippen LogP contribution in [-0.2, 0) is 4.79 Å². The van der Waals surface area contributed by atoms with Gasteiger partial charge in [-0.3, -0.25) is 4.79 Å². The molecule has 0 saturated heterocycles. The number of carbonyl (C=O) groups is 1. The Hall–Kier alpha value is -2.49. The molecule has 1 saturated carbocycles. The maximum atomic E-state index is 12.2. The van der Waals surface area contributed by atoms with Gasteiger partial charge in [0.05, 0.1) is 6.10 Å². The fourth-order valence-electron chi connectivity index (χ4n) is 3.24. The smallest absolute Gasteiger partial charge is 0.262 e. The molecule has 138 valence electrons. The van der Waals surface area contributed by atoms with Crippen LogP contribution in [0.2, 0.25) is 0 Å². The number of ether oxygens (including phenoxy) is 2. The van der Waals surface area contributed by atoms with Crippen molar-refractivity contribution in [2.45, 2.75) is 51.6 Å². The number of hydrogen-bond donors (Lipinski definition) is 1. The number of hydrogen-bond acceptors (Lipinski definition) is 3. The van der Waals surface area contributed by atoms with Gasteiger partial charge in [0, 0.05) is 5.69 Å². The molecule has 1 aliphatic rings. The molecule has 0 aliphatic heterocycles. The van der Waals surface area contributed by atoms with Gasteiger partial charge >= 0.3 is 0 Å². The minimum Gasteiger partial charge on any atom is -0.490 e. The second-order valence-corrected chi connectivity index (χ2v) is 7.08. The lowest BCUT2D eigenvalue weighted by Crippen LogP contribution is -2.20. The van der Waals surface area contributed by atoms with E-state index in [9.17, 15) is 4.79 Å². The molecule has 0 bridgehead atoms. The molecule has 0 radical (unpaired) electrons. The number of nitrogens with one attached hydrogen (secondary N) is 1.